The van der Waals surface area contributed by atoms with Gasteiger partial charge in [-0.3, -0.25) is 4.79 Å². The Morgan fingerprint density at radius 1 is 1.80 bits per heavy atom. The van der Waals surface area contributed by atoms with Crippen molar-refractivity contribution in [3.8, 4) is 0 Å². The van der Waals surface area contributed by atoms with Gasteiger partial charge < -0.3 is 5.11 Å². The molecule has 1 heterocycles. The van der Waals surface area contributed by atoms with Crippen LogP contribution in [0.4, 0.5) is 0 Å². The van der Waals surface area contributed by atoms with Crippen LogP contribution in [0.25, 0.3) is 0 Å². The van der Waals surface area contributed by atoms with Crippen LogP contribution in [0.3, 0.4) is 0 Å². The summed E-state index contributed by atoms with van der Waals surface area (Å²) in [6.45, 7) is 1.73. The van der Waals surface area contributed by atoms with E-state index in [0.29, 0.717) is 0 Å². The third-order valence-corrected chi connectivity index (χ3v) is 1.30. The van der Waals surface area contributed by atoms with E-state index in [1.54, 1.807) is 13.0 Å². The number of carboxylic acid groups (broad SMARTS) is 1. The number of azo groups is 1. The summed E-state index contributed by atoms with van der Waals surface area (Å²) >= 11 is 0. The number of hydrogen-bond acceptors (Lipinski definition) is 3. The Labute approximate surface area is 58.3 Å². The number of carboxylic acids is 1. The molecule has 1 N–H and O–H groups in total. The zero-order valence-corrected chi connectivity index (χ0v) is 5.61. The Bertz CT molecular complexity index is 196. The molecule has 0 saturated carbocycles. The molecular formula is C6H8N2O2. The van der Waals surface area contributed by atoms with E-state index in [1.165, 1.54) is 6.20 Å². The molecule has 0 aliphatic carbocycles. The largest absolute Gasteiger partial charge is 0.481 e. The molecule has 0 fully saturated rings. The molecule has 0 amide bonds. The normalized spacial score (nSPS) is 29.3. The van der Waals surface area contributed by atoms with Crippen molar-refractivity contribution in [3.63, 3.8) is 0 Å². The lowest BCUT2D eigenvalue weighted by molar-refractivity contribution is -0.137. The average Bonchev–Trinajstić information content (AvgIpc) is 2.12. The van der Waals surface area contributed by atoms with Gasteiger partial charge in [-0.05, 0) is 13.0 Å². The second kappa shape index (κ2) is 2.21. The molecule has 0 aromatic rings. The van der Waals surface area contributed by atoms with Crippen LogP contribution in [-0.2, 0) is 4.79 Å². The van der Waals surface area contributed by atoms with E-state index in [0.717, 1.165) is 0 Å². The topological polar surface area (TPSA) is 62.0 Å². The van der Waals surface area contributed by atoms with Gasteiger partial charge in [-0.1, -0.05) is 0 Å². The molecule has 1 atom stereocenters. The van der Waals surface area contributed by atoms with Crippen molar-refractivity contribution < 1.29 is 9.90 Å². The summed E-state index contributed by atoms with van der Waals surface area (Å²) in [5, 5.41) is 15.7. The van der Waals surface area contributed by atoms with Gasteiger partial charge in [-0.15, -0.1) is 0 Å². The highest BCUT2D eigenvalue weighted by atomic mass is 16.4. The molecule has 1 aliphatic rings. The summed E-state index contributed by atoms with van der Waals surface area (Å²) in [4.78, 5) is 10.2. The van der Waals surface area contributed by atoms with Gasteiger partial charge in [0.1, 0.15) is 5.54 Å². The third kappa shape index (κ3) is 1.40. The summed E-state index contributed by atoms with van der Waals surface area (Å²) in [5.41, 5.74) is -0.605. The Morgan fingerprint density at radius 2 is 2.50 bits per heavy atom. The molecule has 0 aromatic heterocycles. The summed E-state index contributed by atoms with van der Waals surface area (Å²) in [5.74, 6) is -0.854. The van der Waals surface area contributed by atoms with Gasteiger partial charge in [0, 0.05) is 6.20 Å². The van der Waals surface area contributed by atoms with Crippen molar-refractivity contribution in [2.24, 2.45) is 10.2 Å². The molecule has 0 radical (unpaired) electrons. The third-order valence-electron chi connectivity index (χ3n) is 1.30. The van der Waals surface area contributed by atoms with Gasteiger partial charge in [-0.25, -0.2) is 0 Å². The van der Waals surface area contributed by atoms with Crippen LogP contribution in [0.1, 0.15) is 13.3 Å². The zero-order chi connectivity index (χ0) is 7.61. The molecule has 10 heavy (non-hydrogen) atoms. The molecule has 1 aliphatic heterocycles. The van der Waals surface area contributed by atoms with Crippen molar-refractivity contribution in [2.75, 3.05) is 0 Å². The smallest absolute Gasteiger partial charge is 0.306 e. The van der Waals surface area contributed by atoms with Crippen LogP contribution in [0.15, 0.2) is 22.5 Å². The predicted octanol–water partition coefficient (Wildman–Crippen LogP) is 1.20. The standard InChI is InChI=1S/C6H8N2O2/c1-6(4-5(9)10)2-3-7-8-6/h2-3H,4H2,1H3,(H,9,10). The van der Waals surface area contributed by atoms with E-state index in [2.05, 4.69) is 10.2 Å². The van der Waals surface area contributed by atoms with Crippen molar-refractivity contribution in [1.82, 2.24) is 0 Å². The van der Waals surface area contributed by atoms with Crippen molar-refractivity contribution in [3.05, 3.63) is 12.3 Å². The fourth-order valence-electron chi connectivity index (χ4n) is 0.793. The van der Waals surface area contributed by atoms with Crippen LogP contribution in [-0.4, -0.2) is 16.6 Å². The SMILES string of the molecule is CC1(CC(=O)O)C=CN=N1. The Morgan fingerprint density at radius 3 is 2.90 bits per heavy atom. The van der Waals surface area contributed by atoms with Crippen molar-refractivity contribution in [1.29, 1.82) is 0 Å². The monoisotopic (exact) mass is 140 g/mol. The predicted molar refractivity (Wildman–Crippen MR) is 34.7 cm³/mol. The van der Waals surface area contributed by atoms with Gasteiger partial charge in [-0.2, -0.15) is 10.2 Å². The van der Waals surface area contributed by atoms with Crippen molar-refractivity contribution in [2.45, 2.75) is 18.9 Å². The molecule has 0 spiro atoms. The number of carbonyl (C=O) groups is 1. The molecule has 4 nitrogen and oxygen atoms in total. The van der Waals surface area contributed by atoms with E-state index in [4.69, 9.17) is 5.11 Å². The zero-order valence-electron chi connectivity index (χ0n) is 5.61. The van der Waals surface area contributed by atoms with E-state index in [1.807, 2.05) is 0 Å². The van der Waals surface area contributed by atoms with Gasteiger partial charge in [0.05, 0.1) is 6.42 Å². The Kier molecular flexibility index (Phi) is 1.53. The molecule has 0 aromatic carbocycles. The number of nitrogens with zero attached hydrogens (tertiary/aromatic N) is 2. The first-order valence-corrected chi connectivity index (χ1v) is 2.94. The number of hydrogen-bond donors (Lipinski definition) is 1. The first kappa shape index (κ1) is 6.92. The molecule has 0 saturated heterocycles. The van der Waals surface area contributed by atoms with E-state index < -0.39 is 11.5 Å². The van der Waals surface area contributed by atoms with Gasteiger partial charge in [0.25, 0.3) is 0 Å². The number of aliphatic carboxylic acids is 1. The molecule has 54 valence electrons. The molecule has 4 heteroatoms. The highest BCUT2D eigenvalue weighted by molar-refractivity contribution is 5.69. The lowest BCUT2D eigenvalue weighted by atomic mass is 10.0. The maximum atomic E-state index is 10.2. The molecule has 1 rings (SSSR count). The van der Waals surface area contributed by atoms with Crippen LogP contribution >= 0.6 is 0 Å². The maximum Gasteiger partial charge on any atom is 0.306 e. The minimum atomic E-state index is -0.854. The fraction of sp³-hybridized carbons (Fsp3) is 0.500. The number of rotatable bonds is 2. The quantitative estimate of drug-likeness (QED) is 0.626. The van der Waals surface area contributed by atoms with Gasteiger partial charge >= 0.3 is 5.97 Å². The van der Waals surface area contributed by atoms with Crippen LogP contribution in [0.5, 0.6) is 0 Å². The first-order chi connectivity index (χ1) is 4.62. The van der Waals surface area contributed by atoms with Crippen LogP contribution < -0.4 is 0 Å². The summed E-state index contributed by atoms with van der Waals surface area (Å²) in [7, 11) is 0. The summed E-state index contributed by atoms with van der Waals surface area (Å²) in [6, 6.07) is 0. The minimum absolute atomic E-state index is 0.00694. The van der Waals surface area contributed by atoms with Crippen molar-refractivity contribution >= 4 is 5.97 Å². The van der Waals surface area contributed by atoms with Gasteiger partial charge in [0.2, 0.25) is 0 Å². The first-order valence-electron chi connectivity index (χ1n) is 2.94. The van der Waals surface area contributed by atoms with Crippen LogP contribution in [0.2, 0.25) is 0 Å². The van der Waals surface area contributed by atoms with Gasteiger partial charge in [0.15, 0.2) is 0 Å². The van der Waals surface area contributed by atoms with Crippen LogP contribution in [0, 0.1) is 0 Å². The summed E-state index contributed by atoms with van der Waals surface area (Å²) < 4.78 is 0. The average molecular weight is 140 g/mol. The highest BCUT2D eigenvalue weighted by Crippen LogP contribution is 2.22. The maximum absolute atomic E-state index is 10.2. The molecule has 0 bridgehead atoms. The van der Waals surface area contributed by atoms with E-state index >= 15 is 0 Å². The minimum Gasteiger partial charge on any atom is -0.481 e. The lowest BCUT2D eigenvalue weighted by Gasteiger charge is -2.11. The highest BCUT2D eigenvalue weighted by Gasteiger charge is 2.26. The second-order valence-corrected chi connectivity index (χ2v) is 2.46. The summed E-state index contributed by atoms with van der Waals surface area (Å²) in [6.07, 6.45) is 3.21. The Balaban J connectivity index is 2.62. The lowest BCUT2D eigenvalue weighted by Crippen LogP contribution is -2.20. The van der Waals surface area contributed by atoms with E-state index in [-0.39, 0.29) is 6.42 Å². The second-order valence-electron chi connectivity index (χ2n) is 2.46. The molecular weight excluding hydrogens is 132 g/mol. The van der Waals surface area contributed by atoms with E-state index in [9.17, 15) is 4.79 Å². The molecule has 1 unspecified atom stereocenters. The fourth-order valence-corrected chi connectivity index (χ4v) is 0.793. The Hall–Kier alpha value is -1.19.